The smallest absolute Gasteiger partial charge is 0.194 e. The Kier molecular flexibility index (Phi) is 2.65. The van der Waals surface area contributed by atoms with Crippen LogP contribution < -0.4 is 4.74 Å². The van der Waals surface area contributed by atoms with Gasteiger partial charge in [0.2, 0.25) is 0 Å². The molecule has 0 radical (unpaired) electrons. The lowest BCUT2D eigenvalue weighted by molar-refractivity contribution is 0.000968. The number of hydrogen-bond donors (Lipinski definition) is 1. The third kappa shape index (κ3) is 1.81. The Bertz CT molecular complexity index is 702. The van der Waals surface area contributed by atoms with Gasteiger partial charge in [0.25, 0.3) is 0 Å². The molecule has 0 spiro atoms. The molecule has 0 heterocycles. The van der Waals surface area contributed by atoms with Crippen molar-refractivity contribution >= 4 is 21.5 Å². The van der Waals surface area contributed by atoms with Crippen LogP contribution in [0.3, 0.4) is 0 Å². The molecular formula is C16H14O2. The first-order chi connectivity index (χ1) is 8.75. The summed E-state index contributed by atoms with van der Waals surface area (Å²) in [7, 11) is 0. The Hall–Kier alpha value is -2.06. The van der Waals surface area contributed by atoms with Gasteiger partial charge in [-0.15, -0.1) is 0 Å². The van der Waals surface area contributed by atoms with Gasteiger partial charge in [0.05, 0.1) is 0 Å². The molecular weight excluding hydrogens is 224 g/mol. The molecule has 2 heteroatoms. The van der Waals surface area contributed by atoms with Gasteiger partial charge in [-0.05, 0) is 29.1 Å². The fourth-order valence-electron chi connectivity index (χ4n) is 2.30. The fourth-order valence-corrected chi connectivity index (χ4v) is 2.30. The van der Waals surface area contributed by atoms with Crippen molar-refractivity contribution < 1.29 is 9.84 Å². The number of ether oxygens (including phenoxy) is 1. The predicted molar refractivity (Wildman–Crippen MR) is 73.8 cm³/mol. The van der Waals surface area contributed by atoms with Gasteiger partial charge in [0.15, 0.2) is 6.29 Å². The van der Waals surface area contributed by atoms with E-state index in [2.05, 4.69) is 18.2 Å². The van der Waals surface area contributed by atoms with Gasteiger partial charge in [-0.2, -0.15) is 0 Å². The Labute approximate surface area is 105 Å². The van der Waals surface area contributed by atoms with Gasteiger partial charge < -0.3 is 9.84 Å². The van der Waals surface area contributed by atoms with Crippen LogP contribution in [0.15, 0.2) is 54.6 Å². The second kappa shape index (κ2) is 4.31. The third-order valence-corrected chi connectivity index (χ3v) is 3.03. The molecule has 90 valence electrons. The number of aliphatic hydroxyl groups excluding tert-OH is 1. The van der Waals surface area contributed by atoms with Crippen LogP contribution in [0.25, 0.3) is 21.5 Å². The number of rotatable bonds is 2. The van der Waals surface area contributed by atoms with Gasteiger partial charge >= 0.3 is 0 Å². The normalized spacial score (nSPS) is 12.8. The van der Waals surface area contributed by atoms with Crippen molar-refractivity contribution in [1.82, 2.24) is 0 Å². The molecule has 0 fully saturated rings. The number of hydrogen-bond acceptors (Lipinski definition) is 2. The van der Waals surface area contributed by atoms with E-state index in [1.165, 1.54) is 5.39 Å². The van der Waals surface area contributed by atoms with Crippen LogP contribution in [0.5, 0.6) is 5.75 Å². The molecule has 0 aliphatic rings. The van der Waals surface area contributed by atoms with E-state index in [-0.39, 0.29) is 0 Å². The van der Waals surface area contributed by atoms with Crippen molar-refractivity contribution in [3.63, 3.8) is 0 Å². The molecule has 1 atom stereocenters. The standard InChI is InChI=1S/C16H14O2/c1-11(17)18-16-10-12-6-2-3-7-13(12)14-8-4-5-9-15(14)16/h2-11,17H,1H3. The minimum Gasteiger partial charge on any atom is -0.465 e. The van der Waals surface area contributed by atoms with E-state index in [1.807, 2.05) is 36.4 Å². The van der Waals surface area contributed by atoms with Gasteiger partial charge in [-0.1, -0.05) is 48.5 Å². The maximum absolute atomic E-state index is 9.42. The van der Waals surface area contributed by atoms with E-state index < -0.39 is 6.29 Å². The molecule has 1 N–H and O–H groups in total. The van der Waals surface area contributed by atoms with Crippen molar-refractivity contribution in [2.45, 2.75) is 13.2 Å². The van der Waals surface area contributed by atoms with Crippen molar-refractivity contribution in [3.8, 4) is 5.75 Å². The van der Waals surface area contributed by atoms with Crippen LogP contribution >= 0.6 is 0 Å². The Morgan fingerprint density at radius 2 is 1.50 bits per heavy atom. The monoisotopic (exact) mass is 238 g/mol. The first kappa shape index (κ1) is 11.1. The Morgan fingerprint density at radius 3 is 2.22 bits per heavy atom. The first-order valence-corrected chi connectivity index (χ1v) is 6.01. The van der Waals surface area contributed by atoms with E-state index in [0.29, 0.717) is 0 Å². The maximum atomic E-state index is 9.42. The molecule has 3 aromatic carbocycles. The Balaban J connectivity index is 2.39. The highest BCUT2D eigenvalue weighted by Crippen LogP contribution is 2.33. The van der Waals surface area contributed by atoms with Crippen molar-refractivity contribution in [1.29, 1.82) is 0 Å². The summed E-state index contributed by atoms with van der Waals surface area (Å²) in [6.07, 6.45) is -0.811. The molecule has 0 aromatic heterocycles. The largest absolute Gasteiger partial charge is 0.465 e. The van der Waals surface area contributed by atoms with Crippen LogP contribution in [-0.4, -0.2) is 11.4 Å². The second-order valence-corrected chi connectivity index (χ2v) is 4.36. The summed E-state index contributed by atoms with van der Waals surface area (Å²) in [6, 6.07) is 18.2. The van der Waals surface area contributed by atoms with Crippen LogP contribution in [0.2, 0.25) is 0 Å². The van der Waals surface area contributed by atoms with Crippen LogP contribution in [0.1, 0.15) is 6.92 Å². The molecule has 3 aromatic rings. The van der Waals surface area contributed by atoms with Gasteiger partial charge in [-0.25, -0.2) is 0 Å². The highest BCUT2D eigenvalue weighted by Gasteiger charge is 2.08. The molecule has 0 bridgehead atoms. The molecule has 0 saturated carbocycles. The number of benzene rings is 3. The predicted octanol–water partition coefficient (Wildman–Crippen LogP) is 3.71. The molecule has 0 amide bonds. The Morgan fingerprint density at radius 1 is 0.889 bits per heavy atom. The average Bonchev–Trinajstić information content (AvgIpc) is 2.38. The van der Waals surface area contributed by atoms with Gasteiger partial charge in [0.1, 0.15) is 5.75 Å². The molecule has 0 saturated heterocycles. The fraction of sp³-hybridized carbons (Fsp3) is 0.125. The summed E-state index contributed by atoms with van der Waals surface area (Å²) in [5, 5.41) is 13.9. The van der Waals surface area contributed by atoms with E-state index in [1.54, 1.807) is 6.92 Å². The summed E-state index contributed by atoms with van der Waals surface area (Å²) in [6.45, 7) is 1.62. The molecule has 2 nitrogen and oxygen atoms in total. The van der Waals surface area contributed by atoms with Gasteiger partial charge in [0, 0.05) is 5.39 Å². The summed E-state index contributed by atoms with van der Waals surface area (Å²) in [4.78, 5) is 0. The zero-order valence-corrected chi connectivity index (χ0v) is 10.1. The number of fused-ring (bicyclic) bond motifs is 3. The number of aliphatic hydroxyl groups is 1. The summed E-state index contributed by atoms with van der Waals surface area (Å²) >= 11 is 0. The maximum Gasteiger partial charge on any atom is 0.194 e. The van der Waals surface area contributed by atoms with E-state index >= 15 is 0 Å². The minimum absolute atomic E-state index is 0.722. The quantitative estimate of drug-likeness (QED) is 0.544. The molecule has 1 unspecified atom stereocenters. The lowest BCUT2D eigenvalue weighted by Gasteiger charge is -2.13. The van der Waals surface area contributed by atoms with Crippen molar-refractivity contribution in [2.24, 2.45) is 0 Å². The topological polar surface area (TPSA) is 29.5 Å². The van der Waals surface area contributed by atoms with Crippen molar-refractivity contribution in [2.75, 3.05) is 0 Å². The lowest BCUT2D eigenvalue weighted by atomic mass is 10.0. The van der Waals surface area contributed by atoms with E-state index in [9.17, 15) is 5.11 Å². The highest BCUT2D eigenvalue weighted by atomic mass is 16.6. The summed E-state index contributed by atoms with van der Waals surface area (Å²) in [5.41, 5.74) is 0. The highest BCUT2D eigenvalue weighted by molar-refractivity contribution is 6.10. The zero-order valence-electron chi connectivity index (χ0n) is 10.1. The zero-order chi connectivity index (χ0) is 12.5. The molecule has 0 aliphatic heterocycles. The third-order valence-electron chi connectivity index (χ3n) is 3.03. The van der Waals surface area contributed by atoms with Crippen molar-refractivity contribution in [3.05, 3.63) is 54.6 Å². The molecule has 18 heavy (non-hydrogen) atoms. The minimum atomic E-state index is -0.811. The van der Waals surface area contributed by atoms with Crippen LogP contribution in [0.4, 0.5) is 0 Å². The lowest BCUT2D eigenvalue weighted by Crippen LogP contribution is -2.09. The van der Waals surface area contributed by atoms with Crippen LogP contribution in [-0.2, 0) is 0 Å². The van der Waals surface area contributed by atoms with E-state index in [0.717, 1.165) is 21.9 Å². The SMILES string of the molecule is CC(O)Oc1cc2ccccc2c2ccccc12. The second-order valence-electron chi connectivity index (χ2n) is 4.36. The summed E-state index contributed by atoms with van der Waals surface area (Å²) in [5.74, 6) is 0.722. The summed E-state index contributed by atoms with van der Waals surface area (Å²) < 4.78 is 5.49. The molecule has 0 aliphatic carbocycles. The molecule has 3 rings (SSSR count). The van der Waals surface area contributed by atoms with Crippen LogP contribution in [0, 0.1) is 0 Å². The van der Waals surface area contributed by atoms with Gasteiger partial charge in [-0.3, -0.25) is 0 Å². The average molecular weight is 238 g/mol. The van der Waals surface area contributed by atoms with E-state index in [4.69, 9.17) is 4.74 Å². The first-order valence-electron chi connectivity index (χ1n) is 6.01.